The van der Waals surface area contributed by atoms with Gasteiger partial charge in [0.1, 0.15) is 0 Å². The monoisotopic (exact) mass is 283 g/mol. The Kier molecular flexibility index (Phi) is 4.15. The Balaban J connectivity index is 1.84. The van der Waals surface area contributed by atoms with Crippen LogP contribution in [0.25, 0.3) is 10.9 Å². The van der Waals surface area contributed by atoms with Crippen molar-refractivity contribution in [2.45, 2.75) is 31.7 Å². The Hall–Kier alpha value is -1.94. The molecule has 1 amide bonds. The Morgan fingerprint density at radius 2 is 2.10 bits per heavy atom. The Morgan fingerprint density at radius 3 is 2.95 bits per heavy atom. The number of hydrogen-bond donors (Lipinski definition) is 2. The third kappa shape index (κ3) is 2.90. The number of nitrogens with zero attached hydrogens (tertiary/aromatic N) is 1. The molecule has 4 heteroatoms. The van der Waals surface area contributed by atoms with Gasteiger partial charge in [-0.15, -0.1) is 0 Å². The van der Waals surface area contributed by atoms with Gasteiger partial charge < -0.3 is 11.1 Å². The molecule has 0 saturated heterocycles. The summed E-state index contributed by atoms with van der Waals surface area (Å²) in [6, 6.07) is 9.67. The first-order valence-electron chi connectivity index (χ1n) is 7.64. The van der Waals surface area contributed by atoms with E-state index < -0.39 is 0 Å². The van der Waals surface area contributed by atoms with Crippen LogP contribution in [0.1, 0.15) is 36.0 Å². The third-order valence-electron chi connectivity index (χ3n) is 4.42. The van der Waals surface area contributed by atoms with Gasteiger partial charge in [-0.2, -0.15) is 0 Å². The number of nitrogens with two attached hydrogens (primary N) is 1. The highest BCUT2D eigenvalue weighted by Crippen LogP contribution is 2.24. The lowest BCUT2D eigenvalue weighted by molar-refractivity contribution is 0.0910. The lowest BCUT2D eigenvalue weighted by Crippen LogP contribution is -2.44. The molecule has 2 unspecified atom stereocenters. The lowest BCUT2D eigenvalue weighted by Gasteiger charge is -2.31. The highest BCUT2D eigenvalue weighted by atomic mass is 16.1. The predicted octanol–water partition coefficient (Wildman–Crippen LogP) is 2.48. The number of pyridine rings is 1. The van der Waals surface area contributed by atoms with E-state index in [9.17, 15) is 4.79 Å². The number of rotatable bonds is 3. The zero-order chi connectivity index (χ0) is 14.7. The molecule has 0 radical (unpaired) electrons. The van der Waals surface area contributed by atoms with Gasteiger partial charge in [-0.25, -0.2) is 0 Å². The minimum absolute atomic E-state index is 0.0149. The number of carbonyl (C=O) groups is 1. The van der Waals surface area contributed by atoms with E-state index in [0.29, 0.717) is 18.0 Å². The van der Waals surface area contributed by atoms with Crippen LogP contribution in [0.15, 0.2) is 36.5 Å². The molecule has 21 heavy (non-hydrogen) atoms. The van der Waals surface area contributed by atoms with E-state index in [0.717, 1.165) is 23.7 Å². The molecule has 1 heterocycles. The molecule has 4 nitrogen and oxygen atoms in total. The van der Waals surface area contributed by atoms with Crippen LogP contribution < -0.4 is 11.1 Å². The number of carbonyl (C=O) groups excluding carboxylic acids is 1. The molecule has 1 saturated carbocycles. The minimum Gasteiger partial charge on any atom is -0.349 e. The van der Waals surface area contributed by atoms with E-state index in [1.807, 2.05) is 30.3 Å². The zero-order valence-corrected chi connectivity index (χ0v) is 12.1. The van der Waals surface area contributed by atoms with Crippen LogP contribution in [0.2, 0.25) is 0 Å². The molecule has 3 rings (SSSR count). The zero-order valence-electron chi connectivity index (χ0n) is 12.1. The van der Waals surface area contributed by atoms with Crippen LogP contribution in [-0.4, -0.2) is 23.5 Å². The molecule has 0 bridgehead atoms. The van der Waals surface area contributed by atoms with Gasteiger partial charge in [-0.1, -0.05) is 25.0 Å². The van der Waals surface area contributed by atoms with Gasteiger partial charge in [0.05, 0.1) is 5.52 Å². The summed E-state index contributed by atoms with van der Waals surface area (Å²) in [6.45, 7) is 0.641. The summed E-state index contributed by atoms with van der Waals surface area (Å²) in [4.78, 5) is 16.9. The number of amides is 1. The van der Waals surface area contributed by atoms with Gasteiger partial charge >= 0.3 is 0 Å². The summed E-state index contributed by atoms with van der Waals surface area (Å²) in [5.41, 5.74) is 7.38. The molecular formula is C17H21N3O. The van der Waals surface area contributed by atoms with E-state index >= 15 is 0 Å². The fourth-order valence-corrected chi connectivity index (χ4v) is 3.23. The molecule has 3 N–H and O–H groups in total. The van der Waals surface area contributed by atoms with Crippen LogP contribution >= 0.6 is 0 Å². The van der Waals surface area contributed by atoms with Crippen LogP contribution in [0, 0.1) is 5.92 Å². The predicted molar refractivity (Wildman–Crippen MR) is 84.0 cm³/mol. The van der Waals surface area contributed by atoms with E-state index in [4.69, 9.17) is 5.73 Å². The molecule has 1 fully saturated rings. The van der Waals surface area contributed by atoms with Crippen molar-refractivity contribution in [2.24, 2.45) is 11.7 Å². The minimum atomic E-state index is -0.0149. The van der Waals surface area contributed by atoms with Crippen LogP contribution in [0.3, 0.4) is 0 Å². The van der Waals surface area contributed by atoms with Crippen molar-refractivity contribution in [2.75, 3.05) is 6.54 Å². The van der Waals surface area contributed by atoms with Crippen molar-refractivity contribution in [3.63, 3.8) is 0 Å². The summed E-state index contributed by atoms with van der Waals surface area (Å²) in [7, 11) is 0. The van der Waals surface area contributed by atoms with Crippen molar-refractivity contribution in [3.05, 3.63) is 42.1 Å². The first-order chi connectivity index (χ1) is 10.3. The molecule has 2 atom stereocenters. The summed E-state index contributed by atoms with van der Waals surface area (Å²) in [5, 5.41) is 4.08. The maximum absolute atomic E-state index is 12.6. The Bertz CT molecular complexity index is 635. The average Bonchev–Trinajstić information content (AvgIpc) is 2.54. The highest BCUT2D eigenvalue weighted by molar-refractivity contribution is 6.06. The van der Waals surface area contributed by atoms with E-state index in [1.165, 1.54) is 12.8 Å². The van der Waals surface area contributed by atoms with Crippen LogP contribution in [-0.2, 0) is 0 Å². The second-order valence-electron chi connectivity index (χ2n) is 5.74. The molecule has 0 aliphatic heterocycles. The first kappa shape index (κ1) is 14.0. The van der Waals surface area contributed by atoms with Gasteiger partial charge in [-0.05, 0) is 43.5 Å². The highest BCUT2D eigenvalue weighted by Gasteiger charge is 2.26. The molecule has 2 aromatic rings. The fourth-order valence-electron chi connectivity index (χ4n) is 3.23. The number of fused-ring (bicyclic) bond motifs is 1. The van der Waals surface area contributed by atoms with Crippen molar-refractivity contribution < 1.29 is 4.79 Å². The van der Waals surface area contributed by atoms with Crippen molar-refractivity contribution >= 4 is 16.8 Å². The molecule has 1 aromatic carbocycles. The normalized spacial score (nSPS) is 22.1. The van der Waals surface area contributed by atoms with Gasteiger partial charge in [0.25, 0.3) is 5.91 Å². The quantitative estimate of drug-likeness (QED) is 0.909. The summed E-state index contributed by atoms with van der Waals surface area (Å²) >= 11 is 0. The standard InChI is InChI=1S/C17H21N3O/c18-11-12-5-1-2-8-15(12)20-17(21)14-6-3-9-16-13(14)7-4-10-19-16/h3-4,6-7,9-10,12,15H,1-2,5,8,11,18H2,(H,20,21). The van der Waals surface area contributed by atoms with Gasteiger partial charge in [-0.3, -0.25) is 9.78 Å². The first-order valence-corrected chi connectivity index (χ1v) is 7.64. The topological polar surface area (TPSA) is 68.0 Å². The van der Waals surface area contributed by atoms with E-state index in [1.54, 1.807) is 6.20 Å². The molecule has 0 spiro atoms. The molecule has 110 valence electrons. The SMILES string of the molecule is NCC1CCCCC1NC(=O)c1cccc2ncccc12. The summed E-state index contributed by atoms with van der Waals surface area (Å²) in [5.74, 6) is 0.384. The smallest absolute Gasteiger partial charge is 0.252 e. The Labute approximate surface area is 124 Å². The van der Waals surface area contributed by atoms with Gasteiger partial charge in [0.2, 0.25) is 0 Å². The van der Waals surface area contributed by atoms with Crippen molar-refractivity contribution in [1.29, 1.82) is 0 Å². The number of aromatic nitrogens is 1. The van der Waals surface area contributed by atoms with Crippen LogP contribution in [0.4, 0.5) is 0 Å². The molecule has 1 aromatic heterocycles. The maximum Gasteiger partial charge on any atom is 0.252 e. The fraction of sp³-hybridized carbons (Fsp3) is 0.412. The van der Waals surface area contributed by atoms with Gasteiger partial charge in [0, 0.05) is 23.2 Å². The lowest BCUT2D eigenvalue weighted by atomic mass is 9.84. The van der Waals surface area contributed by atoms with Crippen molar-refractivity contribution in [3.8, 4) is 0 Å². The second-order valence-corrected chi connectivity index (χ2v) is 5.74. The average molecular weight is 283 g/mol. The van der Waals surface area contributed by atoms with Gasteiger partial charge in [0.15, 0.2) is 0 Å². The number of benzene rings is 1. The van der Waals surface area contributed by atoms with E-state index in [-0.39, 0.29) is 11.9 Å². The Morgan fingerprint density at radius 1 is 1.24 bits per heavy atom. The van der Waals surface area contributed by atoms with Crippen molar-refractivity contribution in [1.82, 2.24) is 10.3 Å². The third-order valence-corrected chi connectivity index (χ3v) is 4.42. The molecular weight excluding hydrogens is 262 g/mol. The molecule has 1 aliphatic rings. The second kappa shape index (κ2) is 6.22. The largest absolute Gasteiger partial charge is 0.349 e. The summed E-state index contributed by atoms with van der Waals surface area (Å²) in [6.07, 6.45) is 6.26. The molecule has 1 aliphatic carbocycles. The van der Waals surface area contributed by atoms with E-state index in [2.05, 4.69) is 10.3 Å². The van der Waals surface area contributed by atoms with Crippen LogP contribution in [0.5, 0.6) is 0 Å². The summed E-state index contributed by atoms with van der Waals surface area (Å²) < 4.78 is 0. The number of hydrogen-bond acceptors (Lipinski definition) is 3. The number of nitrogens with one attached hydrogen (secondary N) is 1. The maximum atomic E-state index is 12.6.